The highest BCUT2D eigenvalue weighted by atomic mass is 16.4. The smallest absolute Gasteiger partial charge is 0.326 e. The van der Waals surface area contributed by atoms with Crippen molar-refractivity contribution in [2.75, 3.05) is 6.54 Å². The first-order valence-corrected chi connectivity index (χ1v) is 8.32. The largest absolute Gasteiger partial charge is 0.481 e. The molecule has 5 N–H and O–H groups in total. The van der Waals surface area contributed by atoms with E-state index in [0.29, 0.717) is 0 Å². The van der Waals surface area contributed by atoms with Crippen molar-refractivity contribution in [1.29, 1.82) is 0 Å². The molecule has 26 heavy (non-hydrogen) atoms. The first-order valence-electron chi connectivity index (χ1n) is 8.32. The van der Waals surface area contributed by atoms with Gasteiger partial charge in [0.25, 0.3) is 0 Å². The van der Waals surface area contributed by atoms with Crippen molar-refractivity contribution in [3.05, 3.63) is 0 Å². The van der Waals surface area contributed by atoms with E-state index in [2.05, 4.69) is 5.32 Å². The topological polar surface area (TPSA) is 167 Å². The van der Waals surface area contributed by atoms with E-state index in [0.717, 1.165) is 4.90 Å². The van der Waals surface area contributed by atoms with Crippen molar-refractivity contribution in [2.45, 2.75) is 51.7 Å². The Balaban J connectivity index is 2.98. The Morgan fingerprint density at radius 2 is 1.81 bits per heavy atom. The van der Waals surface area contributed by atoms with Crippen molar-refractivity contribution in [1.82, 2.24) is 10.2 Å². The van der Waals surface area contributed by atoms with Crippen molar-refractivity contribution in [2.24, 2.45) is 17.6 Å². The third-order valence-corrected chi connectivity index (χ3v) is 4.26. The van der Waals surface area contributed by atoms with Crippen molar-refractivity contribution in [3.63, 3.8) is 0 Å². The number of carboxylic acids is 2. The first kappa shape index (κ1) is 21.6. The molecule has 0 spiro atoms. The Hall–Kier alpha value is -2.49. The second kappa shape index (κ2) is 8.75. The van der Waals surface area contributed by atoms with Crippen molar-refractivity contribution in [3.8, 4) is 0 Å². The number of carbonyl (C=O) groups is 5. The average molecular weight is 371 g/mol. The van der Waals surface area contributed by atoms with Gasteiger partial charge < -0.3 is 26.2 Å². The van der Waals surface area contributed by atoms with Gasteiger partial charge >= 0.3 is 11.9 Å². The minimum absolute atomic E-state index is 0.0678. The third kappa shape index (κ3) is 5.01. The molecule has 0 unspecified atom stereocenters. The van der Waals surface area contributed by atoms with Crippen molar-refractivity contribution < 1.29 is 34.2 Å². The van der Waals surface area contributed by atoms with Gasteiger partial charge in [-0.3, -0.25) is 19.2 Å². The summed E-state index contributed by atoms with van der Waals surface area (Å²) in [4.78, 5) is 60.5. The lowest BCUT2D eigenvalue weighted by Crippen LogP contribution is -2.51. The number of aliphatic carboxylic acids is 2. The summed E-state index contributed by atoms with van der Waals surface area (Å²) in [6.07, 6.45) is -0.619. The van der Waals surface area contributed by atoms with Gasteiger partial charge in [-0.15, -0.1) is 0 Å². The lowest BCUT2D eigenvalue weighted by atomic mass is 9.94. The van der Waals surface area contributed by atoms with Crippen LogP contribution in [0.4, 0.5) is 0 Å². The number of Topliss-reactive ketones (excluding diaryl/α,β-unsaturated/α-hetero) is 1. The molecular formula is C16H25N3O7. The molecule has 0 aromatic heterocycles. The third-order valence-electron chi connectivity index (χ3n) is 4.26. The number of hydrogen-bond acceptors (Lipinski definition) is 6. The van der Waals surface area contributed by atoms with Crippen LogP contribution >= 0.6 is 0 Å². The molecule has 1 aliphatic heterocycles. The molecule has 10 nitrogen and oxygen atoms in total. The average Bonchev–Trinajstić information content (AvgIpc) is 2.86. The highest BCUT2D eigenvalue weighted by molar-refractivity contribution is 6.07. The second-order valence-electron chi connectivity index (χ2n) is 6.75. The summed E-state index contributed by atoms with van der Waals surface area (Å²) >= 11 is 0. The highest BCUT2D eigenvalue weighted by Crippen LogP contribution is 2.26. The Labute approximate surface area is 150 Å². The molecule has 0 radical (unpaired) electrons. The van der Waals surface area contributed by atoms with Crippen LogP contribution in [-0.4, -0.2) is 69.3 Å². The number of nitrogens with zero attached hydrogens (tertiary/aromatic N) is 1. The van der Waals surface area contributed by atoms with Crippen LogP contribution in [-0.2, 0) is 24.0 Å². The number of likely N-dealkylation sites (tertiary alicyclic amines) is 1. The predicted molar refractivity (Wildman–Crippen MR) is 88.9 cm³/mol. The van der Waals surface area contributed by atoms with Crippen molar-refractivity contribution >= 4 is 29.5 Å². The highest BCUT2D eigenvalue weighted by Gasteiger charge is 2.45. The maximum absolute atomic E-state index is 12.6. The summed E-state index contributed by atoms with van der Waals surface area (Å²) < 4.78 is 0. The number of carbonyl (C=O) groups excluding carboxylic acids is 3. The number of nitrogens with two attached hydrogens (primary N) is 1. The molecular weight excluding hydrogens is 346 g/mol. The quantitative estimate of drug-likeness (QED) is 0.367. The normalized spacial score (nSPS) is 20.6. The van der Waals surface area contributed by atoms with E-state index in [-0.39, 0.29) is 18.9 Å². The van der Waals surface area contributed by atoms with Gasteiger partial charge in [0.2, 0.25) is 11.8 Å². The van der Waals surface area contributed by atoms with Gasteiger partial charge in [0.15, 0.2) is 5.78 Å². The van der Waals surface area contributed by atoms with Crippen LogP contribution in [0.2, 0.25) is 0 Å². The molecule has 0 saturated carbocycles. The summed E-state index contributed by atoms with van der Waals surface area (Å²) in [6, 6.07) is -3.42. The summed E-state index contributed by atoms with van der Waals surface area (Å²) in [5.74, 6) is -6.16. The van der Waals surface area contributed by atoms with Gasteiger partial charge in [-0.2, -0.15) is 0 Å². The number of amides is 2. The summed E-state index contributed by atoms with van der Waals surface area (Å²) in [6.45, 7) is 4.75. The van der Waals surface area contributed by atoms with Crippen LogP contribution in [0, 0.1) is 11.8 Å². The number of ketones is 1. The fourth-order valence-electron chi connectivity index (χ4n) is 2.96. The Kier molecular flexibility index (Phi) is 7.25. The zero-order valence-electron chi connectivity index (χ0n) is 15.0. The van der Waals surface area contributed by atoms with Gasteiger partial charge in [-0.05, 0) is 19.3 Å². The van der Waals surface area contributed by atoms with E-state index in [1.165, 1.54) is 6.92 Å². The van der Waals surface area contributed by atoms with E-state index in [4.69, 9.17) is 10.8 Å². The number of rotatable bonds is 9. The molecule has 1 fully saturated rings. The van der Waals surface area contributed by atoms with Gasteiger partial charge in [0.05, 0.1) is 18.5 Å². The molecule has 1 rings (SSSR count). The van der Waals surface area contributed by atoms with Crippen LogP contribution in [0.1, 0.15) is 33.6 Å². The Morgan fingerprint density at radius 3 is 2.23 bits per heavy atom. The molecule has 146 valence electrons. The van der Waals surface area contributed by atoms with E-state index >= 15 is 0 Å². The molecule has 10 heteroatoms. The van der Waals surface area contributed by atoms with Crippen LogP contribution in [0.3, 0.4) is 0 Å². The second-order valence-corrected chi connectivity index (χ2v) is 6.75. The number of nitrogens with one attached hydrogen (secondary N) is 1. The van der Waals surface area contributed by atoms with E-state index in [1.807, 2.05) is 0 Å². The maximum Gasteiger partial charge on any atom is 0.326 e. The first-order chi connectivity index (χ1) is 12.0. The monoisotopic (exact) mass is 371 g/mol. The molecule has 4 atom stereocenters. The molecule has 0 aromatic carbocycles. The molecule has 1 heterocycles. The zero-order valence-corrected chi connectivity index (χ0v) is 15.0. The standard InChI is InChI=1S/C16H25N3O7/c1-7(2)12(16(25)26)19-5-4-9(15(19)24)13(22)10(6-11(20)21)18-14(23)8(3)17/h7-10,12H,4-6,17H2,1-3H3,(H,18,23)(H,20,21)(H,25,26)/t8-,9+,10-,12-/m0/s1. The van der Waals surface area contributed by atoms with E-state index in [9.17, 15) is 29.1 Å². The zero-order chi connectivity index (χ0) is 20.2. The molecule has 0 aromatic rings. The van der Waals surface area contributed by atoms with E-state index < -0.39 is 60.0 Å². The molecule has 1 aliphatic rings. The molecule has 0 bridgehead atoms. The lowest BCUT2D eigenvalue weighted by molar-refractivity contribution is -0.152. The van der Waals surface area contributed by atoms with Crippen LogP contribution in [0.25, 0.3) is 0 Å². The number of hydrogen-bond donors (Lipinski definition) is 4. The molecule has 0 aliphatic carbocycles. The lowest BCUT2D eigenvalue weighted by Gasteiger charge is -2.28. The van der Waals surface area contributed by atoms with Gasteiger partial charge in [0.1, 0.15) is 12.0 Å². The van der Waals surface area contributed by atoms with E-state index in [1.54, 1.807) is 13.8 Å². The summed E-state index contributed by atoms with van der Waals surface area (Å²) in [5.41, 5.74) is 5.41. The fourth-order valence-corrected chi connectivity index (χ4v) is 2.96. The minimum atomic E-state index is -1.40. The Bertz CT molecular complexity index is 603. The van der Waals surface area contributed by atoms with Crippen LogP contribution in [0.5, 0.6) is 0 Å². The summed E-state index contributed by atoms with van der Waals surface area (Å²) in [5, 5.41) is 20.6. The summed E-state index contributed by atoms with van der Waals surface area (Å²) in [7, 11) is 0. The Morgan fingerprint density at radius 1 is 1.23 bits per heavy atom. The van der Waals surface area contributed by atoms with Crippen LogP contribution < -0.4 is 11.1 Å². The molecule has 2 amide bonds. The minimum Gasteiger partial charge on any atom is -0.481 e. The molecule has 1 saturated heterocycles. The predicted octanol–water partition coefficient (Wildman–Crippen LogP) is -1.18. The maximum atomic E-state index is 12.6. The van der Waals surface area contributed by atoms with Crippen LogP contribution in [0.15, 0.2) is 0 Å². The van der Waals surface area contributed by atoms with Gasteiger partial charge in [-0.1, -0.05) is 13.8 Å². The number of carboxylic acid groups (broad SMARTS) is 2. The van der Waals surface area contributed by atoms with Gasteiger partial charge in [0, 0.05) is 6.54 Å². The SMILES string of the molecule is CC(C)[C@@H](C(=O)O)N1CC[C@H](C(=O)[C@H](CC(=O)O)NC(=O)[C@H](C)N)C1=O. The van der Waals surface area contributed by atoms with Gasteiger partial charge in [-0.25, -0.2) is 4.79 Å². The fraction of sp³-hybridized carbons (Fsp3) is 0.688.